The van der Waals surface area contributed by atoms with Gasteiger partial charge in [-0.1, -0.05) is 11.3 Å². The third kappa shape index (κ3) is 4.47. The van der Waals surface area contributed by atoms with E-state index in [1.54, 1.807) is 21.9 Å². The van der Waals surface area contributed by atoms with Gasteiger partial charge in [0.2, 0.25) is 0 Å². The lowest BCUT2D eigenvalue weighted by Crippen LogP contribution is -2.39. The lowest BCUT2D eigenvalue weighted by molar-refractivity contribution is 0.0704. The lowest BCUT2D eigenvalue weighted by Gasteiger charge is -2.31. The van der Waals surface area contributed by atoms with Gasteiger partial charge in [-0.3, -0.25) is 14.9 Å². The van der Waals surface area contributed by atoms with Crippen molar-refractivity contribution in [1.29, 1.82) is 0 Å². The number of ether oxygens (including phenoxy) is 1. The highest BCUT2D eigenvalue weighted by atomic mass is 32.1. The first kappa shape index (κ1) is 24.4. The average molecular weight is 549 g/mol. The summed E-state index contributed by atoms with van der Waals surface area (Å²) < 4.78 is 7.85. The molecule has 5 heterocycles. The number of nitrogens with one attached hydrogen (secondary N) is 1. The molecule has 1 aliphatic heterocycles. The monoisotopic (exact) mass is 548 g/mol. The molecule has 194 valence electrons. The van der Waals surface area contributed by atoms with Gasteiger partial charge in [-0.25, -0.2) is 14.5 Å². The summed E-state index contributed by atoms with van der Waals surface area (Å²) >= 11 is 2.86. The number of likely N-dealkylation sites (tertiary alicyclic amines) is 1. The number of thiazole rings is 2. The van der Waals surface area contributed by atoms with Crippen molar-refractivity contribution < 1.29 is 14.3 Å². The van der Waals surface area contributed by atoms with E-state index in [1.807, 2.05) is 38.1 Å². The second kappa shape index (κ2) is 9.72. The molecule has 0 saturated carbocycles. The molecule has 38 heavy (non-hydrogen) atoms. The second-order valence-corrected chi connectivity index (χ2v) is 11.1. The highest BCUT2D eigenvalue weighted by Crippen LogP contribution is 2.32. The van der Waals surface area contributed by atoms with E-state index in [-0.39, 0.29) is 17.7 Å². The summed E-state index contributed by atoms with van der Waals surface area (Å²) in [4.78, 5) is 36.9. The first-order chi connectivity index (χ1) is 18.4. The standard InChI is InChI=1S/C25H24N8O3S2/c1-13-10-20-29-30-21(14(2)33(20)31-13)24(35)32-8-6-15(7-9-32)23-26-18(12-37-23)22(34)28-25-27-17-5-4-16(36-3)11-19(17)38-25/h4-5,10-12,15H,6-9H2,1-3H3,(H,27,28,34). The molecular formula is C25H24N8O3S2. The van der Waals surface area contributed by atoms with Crippen molar-refractivity contribution in [3.05, 3.63) is 57.4 Å². The van der Waals surface area contributed by atoms with Crippen LogP contribution in [0.1, 0.15) is 56.1 Å². The molecular weight excluding hydrogens is 524 g/mol. The van der Waals surface area contributed by atoms with Gasteiger partial charge in [-0.15, -0.1) is 21.5 Å². The SMILES string of the molecule is COc1ccc2nc(NC(=O)c3csc(C4CCN(C(=O)c5nnc6cc(C)nn6c5C)CC4)n3)sc2c1. The van der Waals surface area contributed by atoms with E-state index in [9.17, 15) is 9.59 Å². The average Bonchev–Trinajstić information content (AvgIpc) is 3.66. The Morgan fingerprint density at radius 3 is 2.71 bits per heavy atom. The molecule has 6 rings (SSSR count). The van der Waals surface area contributed by atoms with E-state index < -0.39 is 0 Å². The van der Waals surface area contributed by atoms with Gasteiger partial charge in [-0.2, -0.15) is 5.10 Å². The van der Waals surface area contributed by atoms with Crippen molar-refractivity contribution in [2.24, 2.45) is 0 Å². The number of carbonyl (C=O) groups excluding carboxylic acids is 2. The Bertz CT molecular complexity index is 1680. The Balaban J connectivity index is 1.09. The number of anilines is 1. The zero-order valence-corrected chi connectivity index (χ0v) is 22.6. The first-order valence-electron chi connectivity index (χ1n) is 12.1. The summed E-state index contributed by atoms with van der Waals surface area (Å²) in [5, 5.41) is 18.8. The fourth-order valence-electron chi connectivity index (χ4n) is 4.58. The summed E-state index contributed by atoms with van der Waals surface area (Å²) in [6.07, 6.45) is 1.52. The molecule has 1 N–H and O–H groups in total. The number of aromatic nitrogens is 6. The largest absolute Gasteiger partial charge is 0.497 e. The smallest absolute Gasteiger partial charge is 0.276 e. The minimum atomic E-state index is -0.288. The van der Waals surface area contributed by atoms with Crippen LogP contribution in [0.2, 0.25) is 0 Å². The summed E-state index contributed by atoms with van der Waals surface area (Å²) in [6, 6.07) is 7.43. The quantitative estimate of drug-likeness (QED) is 0.348. The van der Waals surface area contributed by atoms with Crippen LogP contribution in [0, 0.1) is 13.8 Å². The van der Waals surface area contributed by atoms with Gasteiger partial charge in [0, 0.05) is 30.5 Å². The van der Waals surface area contributed by atoms with Gasteiger partial charge in [0.05, 0.1) is 33.7 Å². The van der Waals surface area contributed by atoms with Crippen molar-refractivity contribution in [2.75, 3.05) is 25.5 Å². The number of benzene rings is 1. The normalized spacial score (nSPS) is 14.3. The molecule has 1 aliphatic rings. The molecule has 1 saturated heterocycles. The van der Waals surface area contributed by atoms with E-state index in [0.29, 0.717) is 41.0 Å². The summed E-state index contributed by atoms with van der Waals surface area (Å²) in [5.74, 6) is 0.498. The third-order valence-corrected chi connectivity index (χ3v) is 8.57. The van der Waals surface area contributed by atoms with E-state index in [2.05, 4.69) is 30.6 Å². The molecule has 4 aromatic heterocycles. The number of amides is 2. The first-order valence-corrected chi connectivity index (χ1v) is 13.8. The van der Waals surface area contributed by atoms with Crippen LogP contribution in [0.25, 0.3) is 15.9 Å². The Morgan fingerprint density at radius 1 is 1.11 bits per heavy atom. The van der Waals surface area contributed by atoms with Crippen LogP contribution in [0.4, 0.5) is 5.13 Å². The number of hydrogen-bond donors (Lipinski definition) is 1. The molecule has 11 nitrogen and oxygen atoms in total. The molecule has 2 amide bonds. The Morgan fingerprint density at radius 2 is 1.92 bits per heavy atom. The van der Waals surface area contributed by atoms with Crippen LogP contribution in [0.15, 0.2) is 29.6 Å². The molecule has 1 aromatic carbocycles. The number of piperidine rings is 1. The van der Waals surface area contributed by atoms with Crippen molar-refractivity contribution in [3.8, 4) is 5.75 Å². The van der Waals surface area contributed by atoms with Crippen LogP contribution in [-0.2, 0) is 0 Å². The van der Waals surface area contributed by atoms with Gasteiger partial charge in [-0.05, 0) is 44.9 Å². The minimum absolute atomic E-state index is 0.142. The fraction of sp³-hybridized carbons (Fsp3) is 0.320. The Kier molecular flexibility index (Phi) is 6.24. The Hall–Kier alpha value is -3.97. The third-order valence-electron chi connectivity index (χ3n) is 6.63. The summed E-state index contributed by atoms with van der Waals surface area (Å²) in [6.45, 7) is 4.88. The summed E-state index contributed by atoms with van der Waals surface area (Å²) in [7, 11) is 1.62. The molecule has 0 aliphatic carbocycles. The molecule has 1 fully saturated rings. The van der Waals surface area contributed by atoms with Crippen LogP contribution < -0.4 is 10.1 Å². The van der Waals surface area contributed by atoms with Gasteiger partial charge in [0.15, 0.2) is 16.5 Å². The zero-order valence-electron chi connectivity index (χ0n) is 21.0. The maximum Gasteiger partial charge on any atom is 0.276 e. The molecule has 0 radical (unpaired) electrons. The van der Waals surface area contributed by atoms with E-state index in [0.717, 1.165) is 39.5 Å². The molecule has 13 heteroatoms. The maximum atomic E-state index is 13.2. The van der Waals surface area contributed by atoms with Crippen molar-refractivity contribution in [2.45, 2.75) is 32.6 Å². The fourth-order valence-corrected chi connectivity index (χ4v) is 6.44. The molecule has 0 spiro atoms. The van der Waals surface area contributed by atoms with Gasteiger partial charge in [0.1, 0.15) is 11.4 Å². The molecule has 5 aromatic rings. The van der Waals surface area contributed by atoms with Gasteiger partial charge < -0.3 is 9.64 Å². The van der Waals surface area contributed by atoms with Crippen molar-refractivity contribution >= 4 is 55.5 Å². The second-order valence-electron chi connectivity index (χ2n) is 9.13. The topological polar surface area (TPSA) is 128 Å². The van der Waals surface area contributed by atoms with Gasteiger partial charge in [0.25, 0.3) is 11.8 Å². The number of carbonyl (C=O) groups is 2. The minimum Gasteiger partial charge on any atom is -0.497 e. The van der Waals surface area contributed by atoms with E-state index in [1.165, 1.54) is 22.7 Å². The number of methoxy groups -OCH3 is 1. The predicted molar refractivity (Wildman–Crippen MR) is 144 cm³/mol. The van der Waals surface area contributed by atoms with E-state index in [4.69, 9.17) is 4.74 Å². The zero-order chi connectivity index (χ0) is 26.4. The number of nitrogens with zero attached hydrogens (tertiary/aromatic N) is 7. The van der Waals surface area contributed by atoms with Crippen LogP contribution >= 0.6 is 22.7 Å². The molecule has 0 bridgehead atoms. The molecule has 0 atom stereocenters. The summed E-state index contributed by atoms with van der Waals surface area (Å²) in [5.41, 5.74) is 3.62. The van der Waals surface area contributed by atoms with Crippen LogP contribution in [0.5, 0.6) is 5.75 Å². The van der Waals surface area contributed by atoms with E-state index >= 15 is 0 Å². The van der Waals surface area contributed by atoms with Crippen molar-refractivity contribution in [3.63, 3.8) is 0 Å². The number of rotatable bonds is 5. The van der Waals surface area contributed by atoms with Crippen LogP contribution in [0.3, 0.4) is 0 Å². The maximum absolute atomic E-state index is 13.2. The van der Waals surface area contributed by atoms with Crippen molar-refractivity contribution in [1.82, 2.24) is 34.7 Å². The predicted octanol–water partition coefficient (Wildman–Crippen LogP) is 4.09. The number of hydrogen-bond acceptors (Lipinski definition) is 10. The number of fused-ring (bicyclic) bond motifs is 2. The Labute approximate surface area is 225 Å². The molecule has 0 unspecified atom stereocenters. The lowest BCUT2D eigenvalue weighted by atomic mass is 9.97. The highest BCUT2D eigenvalue weighted by molar-refractivity contribution is 7.22. The van der Waals surface area contributed by atoms with Crippen LogP contribution in [-0.4, -0.2) is 66.7 Å². The highest BCUT2D eigenvalue weighted by Gasteiger charge is 2.29. The number of aryl methyl sites for hydroxylation is 2. The van der Waals surface area contributed by atoms with Gasteiger partial charge >= 0.3 is 0 Å².